The quantitative estimate of drug-likeness (QED) is 0.0933. The van der Waals surface area contributed by atoms with E-state index in [1.165, 1.54) is 0 Å². The van der Waals surface area contributed by atoms with Crippen LogP contribution in [0.4, 0.5) is 14.4 Å². The van der Waals surface area contributed by atoms with Crippen LogP contribution in [0.15, 0.2) is 106 Å². The van der Waals surface area contributed by atoms with Gasteiger partial charge in [-0.1, -0.05) is 80.4 Å². The van der Waals surface area contributed by atoms with Crippen molar-refractivity contribution < 1.29 is 43.2 Å². The number of carbonyl (C=O) groups is 3. The van der Waals surface area contributed by atoms with Gasteiger partial charge in [-0.05, 0) is 133 Å². The lowest BCUT2D eigenvalue weighted by Gasteiger charge is -2.20. The van der Waals surface area contributed by atoms with Gasteiger partial charge in [0, 0.05) is 8.95 Å². The zero-order chi connectivity index (χ0) is 37.7. The van der Waals surface area contributed by atoms with Crippen LogP contribution in [0.25, 0.3) is 22.3 Å². The summed E-state index contributed by atoms with van der Waals surface area (Å²) in [5.41, 5.74) is 2.46. The number of benzene rings is 4. The largest absolute Gasteiger partial charge is 0.519 e. The molecule has 0 aromatic heterocycles. The number of ether oxygens (including phenoxy) is 5. The molecule has 9 nitrogen and oxygen atoms in total. The van der Waals surface area contributed by atoms with E-state index < -0.39 is 35.3 Å². The third-order valence-electron chi connectivity index (χ3n) is 5.61. The standard InChI is InChI=1S/C17H17BrO3.C12H9BrO.C10H18O5/c1-17(2,3)21-16(19)20-15-10-6-13(7-11-15)12-4-8-14(18)9-5-12;13-11-5-1-9(2-6-11)10-3-7-12(14)8-4-10;1-9(2,3)14-7(11)13-8(12)15-10(4,5)6/h4-11H,1-3H3;1-8,14H;1-6H3. The highest BCUT2D eigenvalue weighted by Gasteiger charge is 2.24. The van der Waals surface area contributed by atoms with Crippen LogP contribution < -0.4 is 4.74 Å². The maximum atomic E-state index is 11.6. The topological polar surface area (TPSA) is 118 Å². The molecule has 0 atom stereocenters. The summed E-state index contributed by atoms with van der Waals surface area (Å²) in [5, 5.41) is 9.14. The van der Waals surface area contributed by atoms with Gasteiger partial charge in [0.2, 0.25) is 0 Å². The van der Waals surface area contributed by atoms with Crippen molar-refractivity contribution in [2.45, 2.75) is 79.1 Å². The summed E-state index contributed by atoms with van der Waals surface area (Å²) in [6, 6.07) is 30.6. The Morgan fingerprint density at radius 1 is 0.460 bits per heavy atom. The van der Waals surface area contributed by atoms with Crippen molar-refractivity contribution in [2.24, 2.45) is 0 Å². The van der Waals surface area contributed by atoms with E-state index in [1.807, 2.05) is 72.8 Å². The minimum Gasteiger partial charge on any atom is -0.508 e. The number of aromatic hydroxyl groups is 1. The average Bonchev–Trinajstić information content (AvgIpc) is 2.97. The van der Waals surface area contributed by atoms with Crippen LogP contribution in [0, 0.1) is 0 Å². The van der Waals surface area contributed by atoms with Crippen molar-refractivity contribution in [3.8, 4) is 33.8 Å². The molecule has 0 bridgehead atoms. The van der Waals surface area contributed by atoms with E-state index in [2.05, 4.69) is 36.6 Å². The third kappa shape index (κ3) is 17.9. The number of hydrogen-bond donors (Lipinski definition) is 1. The molecule has 1 N–H and O–H groups in total. The van der Waals surface area contributed by atoms with Gasteiger partial charge in [-0.3, -0.25) is 0 Å². The maximum Gasteiger partial charge on any atom is 0.519 e. The van der Waals surface area contributed by atoms with Gasteiger partial charge in [-0.2, -0.15) is 0 Å². The Morgan fingerprint density at radius 2 is 0.740 bits per heavy atom. The molecule has 0 spiro atoms. The molecule has 0 saturated carbocycles. The summed E-state index contributed by atoms with van der Waals surface area (Å²) in [7, 11) is 0. The molecule has 0 aliphatic heterocycles. The minimum absolute atomic E-state index is 0.297. The van der Waals surface area contributed by atoms with Crippen molar-refractivity contribution in [3.05, 3.63) is 106 Å². The van der Waals surface area contributed by atoms with E-state index in [9.17, 15) is 14.4 Å². The van der Waals surface area contributed by atoms with E-state index in [0.29, 0.717) is 11.5 Å². The number of phenolic OH excluding ortho intramolecular Hbond substituents is 1. The van der Waals surface area contributed by atoms with E-state index in [1.54, 1.807) is 86.6 Å². The Morgan fingerprint density at radius 3 is 1.06 bits per heavy atom. The molecule has 4 aromatic carbocycles. The molecule has 0 unspecified atom stereocenters. The summed E-state index contributed by atoms with van der Waals surface area (Å²) < 4.78 is 26.1. The van der Waals surface area contributed by atoms with E-state index in [0.717, 1.165) is 31.2 Å². The molecular formula is C39H44Br2O9. The van der Waals surface area contributed by atoms with Gasteiger partial charge in [0.1, 0.15) is 28.3 Å². The summed E-state index contributed by atoms with van der Waals surface area (Å²) in [6.45, 7) is 15.4. The second-order valence-corrected chi connectivity index (χ2v) is 15.5. The summed E-state index contributed by atoms with van der Waals surface area (Å²) in [4.78, 5) is 33.6. The van der Waals surface area contributed by atoms with Gasteiger partial charge in [-0.15, -0.1) is 0 Å². The van der Waals surface area contributed by atoms with Crippen molar-refractivity contribution in [3.63, 3.8) is 0 Å². The molecule has 0 fully saturated rings. The summed E-state index contributed by atoms with van der Waals surface area (Å²) >= 11 is 6.80. The van der Waals surface area contributed by atoms with Crippen LogP contribution in [-0.4, -0.2) is 40.4 Å². The fraction of sp³-hybridized carbons (Fsp3) is 0.308. The molecule has 4 aromatic rings. The van der Waals surface area contributed by atoms with Crippen molar-refractivity contribution >= 4 is 50.3 Å². The Bertz CT molecular complexity index is 1590. The number of halogens is 2. The van der Waals surface area contributed by atoms with Gasteiger partial charge in [0.25, 0.3) is 0 Å². The van der Waals surface area contributed by atoms with E-state index >= 15 is 0 Å². The molecule has 0 aliphatic rings. The second-order valence-electron chi connectivity index (χ2n) is 13.7. The van der Waals surface area contributed by atoms with Crippen LogP contribution in [0.1, 0.15) is 62.3 Å². The average molecular weight is 817 g/mol. The van der Waals surface area contributed by atoms with Gasteiger partial charge in [-0.25, -0.2) is 14.4 Å². The first-order chi connectivity index (χ1) is 23.1. The zero-order valence-corrected chi connectivity index (χ0v) is 32.9. The molecule has 268 valence electrons. The molecule has 0 amide bonds. The summed E-state index contributed by atoms with van der Waals surface area (Å²) in [5.74, 6) is 0.760. The first-order valence-corrected chi connectivity index (χ1v) is 17.1. The first kappa shape index (κ1) is 41.8. The third-order valence-corrected chi connectivity index (χ3v) is 6.67. The van der Waals surface area contributed by atoms with Crippen LogP contribution in [0.5, 0.6) is 11.5 Å². The lowest BCUT2D eigenvalue weighted by molar-refractivity contribution is -0.0294. The van der Waals surface area contributed by atoms with Crippen LogP contribution in [0.2, 0.25) is 0 Å². The van der Waals surface area contributed by atoms with Gasteiger partial charge >= 0.3 is 18.5 Å². The van der Waals surface area contributed by atoms with E-state index in [4.69, 9.17) is 24.1 Å². The summed E-state index contributed by atoms with van der Waals surface area (Å²) in [6.07, 6.45) is -2.81. The monoisotopic (exact) mass is 814 g/mol. The van der Waals surface area contributed by atoms with Crippen molar-refractivity contribution in [2.75, 3.05) is 0 Å². The Hall–Kier alpha value is -4.35. The van der Waals surface area contributed by atoms with Crippen molar-refractivity contribution in [1.82, 2.24) is 0 Å². The van der Waals surface area contributed by atoms with Crippen LogP contribution in [0.3, 0.4) is 0 Å². The normalized spacial score (nSPS) is 11.0. The smallest absolute Gasteiger partial charge is 0.508 e. The predicted molar refractivity (Wildman–Crippen MR) is 201 cm³/mol. The molecular weight excluding hydrogens is 772 g/mol. The fourth-order valence-electron chi connectivity index (χ4n) is 3.63. The highest BCUT2D eigenvalue weighted by atomic mass is 79.9. The lowest BCUT2D eigenvalue weighted by atomic mass is 10.1. The predicted octanol–water partition coefficient (Wildman–Crippen LogP) is 12.1. The molecule has 0 heterocycles. The fourth-order valence-corrected chi connectivity index (χ4v) is 4.16. The highest BCUT2D eigenvalue weighted by molar-refractivity contribution is 9.10. The highest BCUT2D eigenvalue weighted by Crippen LogP contribution is 2.25. The molecule has 0 radical (unpaired) electrons. The number of carbonyl (C=O) groups excluding carboxylic acids is 3. The number of rotatable bonds is 3. The van der Waals surface area contributed by atoms with E-state index in [-0.39, 0.29) is 0 Å². The Balaban J connectivity index is 0.000000268. The molecule has 4 rings (SSSR count). The maximum absolute atomic E-state index is 11.6. The molecule has 0 aliphatic carbocycles. The number of phenols is 1. The Labute approximate surface area is 311 Å². The second kappa shape index (κ2) is 18.6. The van der Waals surface area contributed by atoms with Crippen LogP contribution in [-0.2, 0) is 18.9 Å². The van der Waals surface area contributed by atoms with Gasteiger partial charge in [0.05, 0.1) is 0 Å². The number of hydrogen-bond acceptors (Lipinski definition) is 9. The van der Waals surface area contributed by atoms with Crippen molar-refractivity contribution in [1.29, 1.82) is 0 Å². The van der Waals surface area contributed by atoms with Gasteiger partial charge in [0.15, 0.2) is 0 Å². The Kier molecular flexibility index (Phi) is 15.5. The first-order valence-electron chi connectivity index (χ1n) is 15.5. The lowest BCUT2D eigenvalue weighted by Crippen LogP contribution is -2.29. The zero-order valence-electron chi connectivity index (χ0n) is 29.7. The SMILES string of the molecule is CC(C)(C)OC(=O)OC(=O)OC(C)(C)C.CC(C)(C)OC(=O)Oc1ccc(-c2ccc(Br)cc2)cc1.Oc1ccc(-c2ccc(Br)cc2)cc1. The molecule has 50 heavy (non-hydrogen) atoms. The van der Waals surface area contributed by atoms with Crippen LogP contribution >= 0.6 is 31.9 Å². The minimum atomic E-state index is -1.06. The molecule has 11 heteroatoms. The van der Waals surface area contributed by atoms with Gasteiger partial charge < -0.3 is 28.8 Å². The molecule has 0 saturated heterocycles.